The van der Waals surface area contributed by atoms with Gasteiger partial charge >= 0.3 is 0 Å². The standard InChI is InChI=1S/C18H28O2/c1-13-11-14(2)18(17(12-13)20-3)16(19)10-9-15-7-5-4-6-8-15/h11-12,15-16,19H,4-10H2,1-3H3. The molecule has 0 heterocycles. The average Bonchev–Trinajstić information content (AvgIpc) is 2.45. The molecule has 2 heteroatoms. The van der Waals surface area contributed by atoms with Crippen molar-refractivity contribution < 1.29 is 9.84 Å². The van der Waals surface area contributed by atoms with Gasteiger partial charge in [-0.3, -0.25) is 0 Å². The molecule has 1 N–H and O–H groups in total. The maximum Gasteiger partial charge on any atom is 0.125 e. The van der Waals surface area contributed by atoms with E-state index in [1.807, 2.05) is 6.07 Å². The zero-order valence-electron chi connectivity index (χ0n) is 13.1. The first kappa shape index (κ1) is 15.4. The van der Waals surface area contributed by atoms with Crippen molar-refractivity contribution in [2.75, 3.05) is 7.11 Å². The van der Waals surface area contributed by atoms with Crippen LogP contribution in [0.5, 0.6) is 5.75 Å². The summed E-state index contributed by atoms with van der Waals surface area (Å²) in [5.41, 5.74) is 3.30. The molecule has 0 radical (unpaired) electrons. The fourth-order valence-electron chi connectivity index (χ4n) is 3.55. The van der Waals surface area contributed by atoms with E-state index in [9.17, 15) is 5.11 Å². The van der Waals surface area contributed by atoms with Gasteiger partial charge < -0.3 is 9.84 Å². The largest absolute Gasteiger partial charge is 0.496 e. The highest BCUT2D eigenvalue weighted by Crippen LogP contribution is 2.35. The molecule has 0 saturated heterocycles. The first-order valence-corrected chi connectivity index (χ1v) is 7.95. The summed E-state index contributed by atoms with van der Waals surface area (Å²) in [6.45, 7) is 4.13. The second kappa shape index (κ2) is 7.12. The number of aliphatic hydroxyl groups excluding tert-OH is 1. The summed E-state index contributed by atoms with van der Waals surface area (Å²) in [6.07, 6.45) is 8.41. The molecular weight excluding hydrogens is 248 g/mol. The van der Waals surface area contributed by atoms with Gasteiger partial charge in [0.05, 0.1) is 13.2 Å². The Kier molecular flexibility index (Phi) is 5.47. The molecule has 0 amide bonds. The minimum atomic E-state index is -0.396. The number of hydrogen-bond donors (Lipinski definition) is 1. The van der Waals surface area contributed by atoms with Gasteiger partial charge in [-0.05, 0) is 49.8 Å². The molecule has 1 fully saturated rings. The molecular formula is C18H28O2. The van der Waals surface area contributed by atoms with E-state index < -0.39 is 6.10 Å². The highest BCUT2D eigenvalue weighted by Gasteiger charge is 2.19. The van der Waals surface area contributed by atoms with Crippen molar-refractivity contribution in [3.05, 3.63) is 28.8 Å². The normalized spacial score (nSPS) is 18.0. The highest BCUT2D eigenvalue weighted by atomic mass is 16.5. The molecule has 1 saturated carbocycles. The molecule has 1 atom stereocenters. The molecule has 0 aliphatic heterocycles. The summed E-state index contributed by atoms with van der Waals surface area (Å²) in [5.74, 6) is 1.65. The Morgan fingerprint density at radius 1 is 1.20 bits per heavy atom. The molecule has 1 aliphatic carbocycles. The van der Waals surface area contributed by atoms with Crippen LogP contribution in [0, 0.1) is 19.8 Å². The van der Waals surface area contributed by atoms with E-state index in [-0.39, 0.29) is 0 Å². The van der Waals surface area contributed by atoms with E-state index in [1.165, 1.54) is 37.7 Å². The third-order valence-electron chi connectivity index (χ3n) is 4.62. The zero-order valence-corrected chi connectivity index (χ0v) is 13.1. The van der Waals surface area contributed by atoms with E-state index in [0.717, 1.165) is 35.6 Å². The van der Waals surface area contributed by atoms with Crippen molar-refractivity contribution in [1.29, 1.82) is 0 Å². The van der Waals surface area contributed by atoms with Crippen LogP contribution in [-0.2, 0) is 0 Å². The molecule has 0 spiro atoms. The topological polar surface area (TPSA) is 29.5 Å². The Labute approximate surface area is 123 Å². The molecule has 0 aromatic heterocycles. The fraction of sp³-hybridized carbons (Fsp3) is 0.667. The van der Waals surface area contributed by atoms with Crippen LogP contribution in [0.3, 0.4) is 0 Å². The highest BCUT2D eigenvalue weighted by molar-refractivity contribution is 5.44. The molecule has 20 heavy (non-hydrogen) atoms. The van der Waals surface area contributed by atoms with E-state index in [2.05, 4.69) is 19.9 Å². The Morgan fingerprint density at radius 3 is 2.55 bits per heavy atom. The van der Waals surface area contributed by atoms with Gasteiger partial charge in [0.25, 0.3) is 0 Å². The second-order valence-corrected chi connectivity index (χ2v) is 6.29. The smallest absolute Gasteiger partial charge is 0.125 e. The lowest BCUT2D eigenvalue weighted by Gasteiger charge is -2.24. The number of methoxy groups -OCH3 is 1. The summed E-state index contributed by atoms with van der Waals surface area (Å²) in [6, 6.07) is 4.15. The summed E-state index contributed by atoms with van der Waals surface area (Å²) >= 11 is 0. The lowest BCUT2D eigenvalue weighted by Crippen LogP contribution is -2.10. The summed E-state index contributed by atoms with van der Waals surface area (Å²) in [4.78, 5) is 0. The Balaban J connectivity index is 2.02. The summed E-state index contributed by atoms with van der Waals surface area (Å²) < 4.78 is 5.46. The summed E-state index contributed by atoms with van der Waals surface area (Å²) in [5, 5.41) is 10.6. The number of hydrogen-bond acceptors (Lipinski definition) is 2. The van der Waals surface area contributed by atoms with Gasteiger partial charge in [0.1, 0.15) is 5.75 Å². The van der Waals surface area contributed by atoms with Crippen molar-refractivity contribution in [3.63, 3.8) is 0 Å². The first-order chi connectivity index (χ1) is 9.61. The van der Waals surface area contributed by atoms with Gasteiger partial charge in [0.2, 0.25) is 0 Å². The number of benzene rings is 1. The van der Waals surface area contributed by atoms with Gasteiger partial charge in [-0.1, -0.05) is 38.2 Å². The number of rotatable bonds is 5. The van der Waals surface area contributed by atoms with Crippen molar-refractivity contribution in [2.24, 2.45) is 5.92 Å². The van der Waals surface area contributed by atoms with E-state index in [1.54, 1.807) is 7.11 Å². The SMILES string of the molecule is COc1cc(C)cc(C)c1C(O)CCC1CCCCC1. The van der Waals surface area contributed by atoms with Gasteiger partial charge in [-0.15, -0.1) is 0 Å². The lowest BCUT2D eigenvalue weighted by atomic mass is 9.84. The Hall–Kier alpha value is -1.02. The third-order valence-corrected chi connectivity index (χ3v) is 4.62. The van der Waals surface area contributed by atoms with Gasteiger partial charge in [-0.25, -0.2) is 0 Å². The van der Waals surface area contributed by atoms with Crippen LogP contribution in [0.4, 0.5) is 0 Å². The maximum absolute atomic E-state index is 10.6. The fourth-order valence-corrected chi connectivity index (χ4v) is 3.55. The lowest BCUT2D eigenvalue weighted by molar-refractivity contribution is 0.147. The van der Waals surface area contributed by atoms with Crippen LogP contribution in [0.25, 0.3) is 0 Å². The van der Waals surface area contributed by atoms with E-state index in [4.69, 9.17) is 4.74 Å². The molecule has 1 unspecified atom stereocenters. The van der Waals surface area contributed by atoms with Crippen LogP contribution >= 0.6 is 0 Å². The van der Waals surface area contributed by atoms with Crippen molar-refractivity contribution in [1.82, 2.24) is 0 Å². The van der Waals surface area contributed by atoms with Gasteiger partial charge in [-0.2, -0.15) is 0 Å². The van der Waals surface area contributed by atoms with Gasteiger partial charge in [0.15, 0.2) is 0 Å². The zero-order chi connectivity index (χ0) is 14.5. The number of aliphatic hydroxyl groups is 1. The predicted molar refractivity (Wildman–Crippen MR) is 83.2 cm³/mol. The third kappa shape index (κ3) is 3.76. The predicted octanol–water partition coefficient (Wildman–Crippen LogP) is 4.71. The monoisotopic (exact) mass is 276 g/mol. The Bertz CT molecular complexity index is 433. The van der Waals surface area contributed by atoms with Crippen molar-refractivity contribution in [2.45, 2.75) is 64.9 Å². The van der Waals surface area contributed by atoms with Crippen LogP contribution in [0.2, 0.25) is 0 Å². The molecule has 0 bridgehead atoms. The first-order valence-electron chi connectivity index (χ1n) is 7.95. The number of aryl methyl sites for hydroxylation is 2. The molecule has 1 aromatic carbocycles. The van der Waals surface area contributed by atoms with E-state index >= 15 is 0 Å². The second-order valence-electron chi connectivity index (χ2n) is 6.29. The van der Waals surface area contributed by atoms with Crippen LogP contribution in [0.15, 0.2) is 12.1 Å². The van der Waals surface area contributed by atoms with Crippen molar-refractivity contribution >= 4 is 0 Å². The minimum absolute atomic E-state index is 0.396. The Morgan fingerprint density at radius 2 is 1.90 bits per heavy atom. The van der Waals surface area contributed by atoms with Crippen molar-refractivity contribution in [3.8, 4) is 5.75 Å². The molecule has 2 nitrogen and oxygen atoms in total. The number of ether oxygens (including phenoxy) is 1. The molecule has 1 aromatic rings. The van der Waals surface area contributed by atoms with Gasteiger partial charge in [0, 0.05) is 5.56 Å². The minimum Gasteiger partial charge on any atom is -0.496 e. The molecule has 1 aliphatic rings. The molecule has 112 valence electrons. The van der Waals surface area contributed by atoms with Crippen LogP contribution < -0.4 is 4.74 Å². The quantitative estimate of drug-likeness (QED) is 0.844. The maximum atomic E-state index is 10.6. The van der Waals surface area contributed by atoms with Crippen LogP contribution in [-0.4, -0.2) is 12.2 Å². The average molecular weight is 276 g/mol. The van der Waals surface area contributed by atoms with E-state index in [0.29, 0.717) is 0 Å². The molecule has 2 rings (SSSR count). The van der Waals surface area contributed by atoms with Crippen LogP contribution in [0.1, 0.15) is 67.7 Å². The summed E-state index contributed by atoms with van der Waals surface area (Å²) in [7, 11) is 1.69.